The number of benzene rings is 1. The van der Waals surface area contributed by atoms with Gasteiger partial charge in [-0.2, -0.15) is 0 Å². The van der Waals surface area contributed by atoms with Crippen molar-refractivity contribution in [1.82, 2.24) is 4.98 Å². The lowest BCUT2D eigenvalue weighted by Gasteiger charge is -2.23. The lowest BCUT2D eigenvalue weighted by molar-refractivity contribution is -0.135. The maximum atomic E-state index is 12.6. The van der Waals surface area contributed by atoms with Crippen LogP contribution in [0, 0.1) is 6.92 Å². The number of ether oxygens (including phenoxy) is 2. The Morgan fingerprint density at radius 2 is 1.96 bits per heavy atom. The van der Waals surface area contributed by atoms with Crippen LogP contribution in [0.3, 0.4) is 0 Å². The van der Waals surface area contributed by atoms with Gasteiger partial charge in [0.25, 0.3) is 5.56 Å². The molecule has 1 aliphatic rings. The Morgan fingerprint density at radius 3 is 2.73 bits per heavy atom. The van der Waals surface area contributed by atoms with Gasteiger partial charge in [0.05, 0.1) is 19.1 Å². The molecule has 0 fully saturated rings. The minimum absolute atomic E-state index is 0.112. The third-order valence-electron chi connectivity index (χ3n) is 4.47. The molecule has 0 saturated heterocycles. The van der Waals surface area contributed by atoms with Crippen molar-refractivity contribution >= 4 is 16.9 Å². The van der Waals surface area contributed by atoms with Crippen molar-refractivity contribution in [2.45, 2.75) is 19.3 Å². The first-order valence-corrected chi connectivity index (χ1v) is 8.02. The first-order valence-electron chi connectivity index (χ1n) is 8.02. The molecule has 0 aliphatic carbocycles. The number of carbonyl (C=O) groups is 1. The zero-order chi connectivity index (χ0) is 18.4. The number of H-pyrrole nitrogens is 1. The summed E-state index contributed by atoms with van der Waals surface area (Å²) in [7, 11) is 1.55. The number of pyridine rings is 1. The van der Waals surface area contributed by atoms with E-state index in [9.17, 15) is 14.4 Å². The van der Waals surface area contributed by atoms with E-state index in [1.54, 1.807) is 38.3 Å². The predicted molar refractivity (Wildman–Crippen MR) is 92.9 cm³/mol. The first-order chi connectivity index (χ1) is 12.5. The number of fused-ring (bicyclic) bond motifs is 2. The molecule has 3 heterocycles. The molecular formula is C19H15NO6. The van der Waals surface area contributed by atoms with E-state index < -0.39 is 17.5 Å². The van der Waals surface area contributed by atoms with Crippen LogP contribution in [0.25, 0.3) is 10.9 Å². The SMILES string of the molecule is COc1ccc2[nH]c(=O)c(C3CC(=O)Oc4cc(C)oc(=O)c43)cc2c1. The number of aromatic nitrogens is 1. The van der Waals surface area contributed by atoms with Crippen LogP contribution in [0.15, 0.2) is 44.3 Å². The topological polar surface area (TPSA) is 98.6 Å². The maximum Gasteiger partial charge on any atom is 0.343 e. The van der Waals surface area contributed by atoms with Crippen molar-refractivity contribution in [3.63, 3.8) is 0 Å². The van der Waals surface area contributed by atoms with Gasteiger partial charge in [0, 0.05) is 28.5 Å². The van der Waals surface area contributed by atoms with Crippen LogP contribution in [0.5, 0.6) is 11.5 Å². The van der Waals surface area contributed by atoms with Crippen molar-refractivity contribution in [2.75, 3.05) is 7.11 Å². The van der Waals surface area contributed by atoms with Gasteiger partial charge in [-0.1, -0.05) is 0 Å². The molecule has 1 aliphatic heterocycles. The summed E-state index contributed by atoms with van der Waals surface area (Å²) in [6.45, 7) is 1.59. The number of rotatable bonds is 2. The lowest BCUT2D eigenvalue weighted by atomic mass is 9.87. The summed E-state index contributed by atoms with van der Waals surface area (Å²) in [4.78, 5) is 39.8. The number of methoxy groups -OCH3 is 1. The highest BCUT2D eigenvalue weighted by Crippen LogP contribution is 2.36. The Balaban J connectivity index is 1.96. The molecule has 132 valence electrons. The number of carbonyl (C=O) groups excluding carboxylic acids is 1. The molecule has 26 heavy (non-hydrogen) atoms. The molecular weight excluding hydrogens is 338 g/mol. The highest BCUT2D eigenvalue weighted by atomic mass is 16.5. The number of hydrogen-bond donors (Lipinski definition) is 1. The molecule has 0 bridgehead atoms. The Kier molecular flexibility index (Phi) is 3.64. The number of nitrogens with one attached hydrogen (secondary N) is 1. The van der Waals surface area contributed by atoms with Gasteiger partial charge in [-0.15, -0.1) is 0 Å². The quantitative estimate of drug-likeness (QED) is 0.710. The van der Waals surface area contributed by atoms with Gasteiger partial charge in [0.15, 0.2) is 0 Å². The third-order valence-corrected chi connectivity index (χ3v) is 4.47. The Labute approximate surface area is 147 Å². The van der Waals surface area contributed by atoms with E-state index in [-0.39, 0.29) is 23.3 Å². The Hall–Kier alpha value is -3.35. The van der Waals surface area contributed by atoms with E-state index in [4.69, 9.17) is 13.9 Å². The van der Waals surface area contributed by atoms with Gasteiger partial charge in [0.1, 0.15) is 17.3 Å². The number of aromatic amines is 1. The van der Waals surface area contributed by atoms with Crippen molar-refractivity contribution in [2.24, 2.45) is 0 Å². The second-order valence-electron chi connectivity index (χ2n) is 6.16. The van der Waals surface area contributed by atoms with E-state index in [2.05, 4.69) is 4.98 Å². The molecule has 1 aromatic carbocycles. The Morgan fingerprint density at radius 1 is 1.15 bits per heavy atom. The van der Waals surface area contributed by atoms with Gasteiger partial charge in [0.2, 0.25) is 0 Å². The first kappa shape index (κ1) is 16.1. The van der Waals surface area contributed by atoms with E-state index in [1.165, 1.54) is 6.07 Å². The molecule has 4 rings (SSSR count). The summed E-state index contributed by atoms with van der Waals surface area (Å²) >= 11 is 0. The van der Waals surface area contributed by atoms with E-state index in [0.29, 0.717) is 22.6 Å². The normalized spacial score (nSPS) is 16.2. The average molecular weight is 353 g/mol. The van der Waals surface area contributed by atoms with Crippen LogP contribution in [0.4, 0.5) is 0 Å². The standard InChI is InChI=1S/C19H15NO6/c1-9-5-15-17(19(23)25-9)12(8-16(21)26-15)13-7-10-6-11(24-2)3-4-14(10)20-18(13)22/h3-7,12H,8H2,1-2H3,(H,20,22). The average Bonchev–Trinajstić information content (AvgIpc) is 2.59. The second-order valence-corrected chi connectivity index (χ2v) is 6.16. The van der Waals surface area contributed by atoms with Crippen molar-refractivity contribution in [3.8, 4) is 11.5 Å². The summed E-state index contributed by atoms with van der Waals surface area (Å²) < 4.78 is 15.5. The smallest absolute Gasteiger partial charge is 0.343 e. The van der Waals surface area contributed by atoms with Gasteiger partial charge < -0.3 is 18.9 Å². The molecule has 7 heteroatoms. The van der Waals surface area contributed by atoms with Gasteiger partial charge in [-0.05, 0) is 31.2 Å². The van der Waals surface area contributed by atoms with Crippen molar-refractivity contribution < 1.29 is 18.7 Å². The van der Waals surface area contributed by atoms with Crippen molar-refractivity contribution in [1.29, 1.82) is 0 Å². The molecule has 1 unspecified atom stereocenters. The largest absolute Gasteiger partial charge is 0.497 e. The van der Waals surface area contributed by atoms with Crippen LogP contribution in [-0.2, 0) is 4.79 Å². The number of aryl methyl sites for hydroxylation is 1. The molecule has 1 atom stereocenters. The van der Waals surface area contributed by atoms with Gasteiger partial charge in [-0.25, -0.2) is 4.79 Å². The highest BCUT2D eigenvalue weighted by molar-refractivity contribution is 5.82. The maximum absolute atomic E-state index is 12.6. The fourth-order valence-corrected chi connectivity index (χ4v) is 3.28. The summed E-state index contributed by atoms with van der Waals surface area (Å²) in [6.07, 6.45) is -0.112. The van der Waals surface area contributed by atoms with E-state index in [0.717, 1.165) is 5.39 Å². The predicted octanol–water partition coefficient (Wildman–Crippen LogP) is 2.24. The number of hydrogen-bond acceptors (Lipinski definition) is 6. The van der Waals surface area contributed by atoms with Crippen LogP contribution in [0.2, 0.25) is 0 Å². The zero-order valence-electron chi connectivity index (χ0n) is 14.1. The van der Waals surface area contributed by atoms with Crippen LogP contribution >= 0.6 is 0 Å². The molecule has 7 nitrogen and oxygen atoms in total. The molecule has 1 N–H and O–H groups in total. The van der Waals surface area contributed by atoms with Crippen LogP contribution in [0.1, 0.15) is 29.2 Å². The van der Waals surface area contributed by atoms with Crippen LogP contribution in [-0.4, -0.2) is 18.1 Å². The monoisotopic (exact) mass is 353 g/mol. The summed E-state index contributed by atoms with van der Waals surface area (Å²) in [5.41, 5.74) is 0.146. The molecule has 0 radical (unpaired) electrons. The summed E-state index contributed by atoms with van der Waals surface area (Å²) in [5.74, 6) is -0.126. The zero-order valence-corrected chi connectivity index (χ0v) is 14.1. The Bertz CT molecular complexity index is 1160. The molecule has 0 spiro atoms. The van der Waals surface area contributed by atoms with Crippen molar-refractivity contribution in [3.05, 3.63) is 68.0 Å². The fraction of sp³-hybridized carbons (Fsp3) is 0.211. The van der Waals surface area contributed by atoms with E-state index in [1.807, 2.05) is 0 Å². The second kappa shape index (κ2) is 5.87. The van der Waals surface area contributed by atoms with E-state index >= 15 is 0 Å². The summed E-state index contributed by atoms with van der Waals surface area (Å²) in [6, 6.07) is 8.40. The molecule has 3 aromatic rings. The van der Waals surface area contributed by atoms with Gasteiger partial charge in [-0.3, -0.25) is 9.59 Å². The van der Waals surface area contributed by atoms with Crippen LogP contribution < -0.4 is 20.7 Å². The molecule has 2 aromatic heterocycles. The fourth-order valence-electron chi connectivity index (χ4n) is 3.28. The number of esters is 1. The van der Waals surface area contributed by atoms with Gasteiger partial charge >= 0.3 is 11.6 Å². The minimum Gasteiger partial charge on any atom is -0.497 e. The highest BCUT2D eigenvalue weighted by Gasteiger charge is 2.34. The minimum atomic E-state index is -0.734. The molecule has 0 amide bonds. The lowest BCUT2D eigenvalue weighted by Crippen LogP contribution is -2.30. The summed E-state index contributed by atoms with van der Waals surface area (Å²) in [5, 5.41) is 0.732. The molecule has 0 saturated carbocycles. The third kappa shape index (κ3) is 2.57.